The predicted molar refractivity (Wildman–Crippen MR) is 103 cm³/mol. The van der Waals surface area contributed by atoms with E-state index in [1.807, 2.05) is 13.8 Å². The Hall–Kier alpha value is -2.06. The molecule has 1 aromatic carbocycles. The van der Waals surface area contributed by atoms with E-state index in [9.17, 15) is 14.0 Å². The van der Waals surface area contributed by atoms with Crippen LogP contribution in [0.2, 0.25) is 0 Å². The van der Waals surface area contributed by atoms with Crippen LogP contribution in [0.15, 0.2) is 29.1 Å². The number of hydrogen-bond donors (Lipinski definition) is 2. The Morgan fingerprint density at radius 1 is 1.30 bits per heavy atom. The summed E-state index contributed by atoms with van der Waals surface area (Å²) >= 11 is 1.27. The predicted octanol–water partition coefficient (Wildman–Crippen LogP) is 3.22. The number of aromatic amines is 1. The quantitative estimate of drug-likeness (QED) is 0.824. The molecular formula is C19H22FN3O3S. The van der Waals surface area contributed by atoms with Gasteiger partial charge in [0, 0.05) is 12.2 Å². The van der Waals surface area contributed by atoms with E-state index in [1.165, 1.54) is 17.8 Å². The molecule has 0 unspecified atom stereocenters. The molecule has 2 aliphatic heterocycles. The smallest absolute Gasteiger partial charge is 0.270 e. The van der Waals surface area contributed by atoms with E-state index in [0.29, 0.717) is 30.0 Å². The molecule has 1 amide bonds. The zero-order valence-corrected chi connectivity index (χ0v) is 16.1. The van der Waals surface area contributed by atoms with Gasteiger partial charge in [0.1, 0.15) is 11.6 Å². The molecule has 1 fully saturated rings. The molecule has 0 spiro atoms. The van der Waals surface area contributed by atoms with Gasteiger partial charge in [-0.05, 0) is 32.8 Å². The maximum absolute atomic E-state index is 14.4. The van der Waals surface area contributed by atoms with Crippen molar-refractivity contribution in [3.05, 3.63) is 51.6 Å². The Morgan fingerprint density at radius 3 is 2.81 bits per heavy atom. The highest BCUT2D eigenvalue weighted by molar-refractivity contribution is 8.00. The Morgan fingerprint density at radius 2 is 2.07 bits per heavy atom. The van der Waals surface area contributed by atoms with Crippen LogP contribution in [0.25, 0.3) is 0 Å². The van der Waals surface area contributed by atoms with Crippen LogP contribution < -0.4 is 10.9 Å². The Balaban J connectivity index is 1.83. The second-order valence-corrected chi connectivity index (χ2v) is 8.68. The van der Waals surface area contributed by atoms with Gasteiger partial charge in [-0.1, -0.05) is 18.2 Å². The number of H-pyrrole nitrogens is 1. The molecule has 2 atom stereocenters. The second kappa shape index (κ2) is 6.83. The maximum Gasteiger partial charge on any atom is 0.270 e. The molecule has 6 nitrogen and oxygen atoms in total. The highest BCUT2D eigenvalue weighted by Gasteiger charge is 2.36. The minimum Gasteiger partial charge on any atom is -0.375 e. The zero-order valence-electron chi connectivity index (χ0n) is 15.3. The lowest BCUT2D eigenvalue weighted by molar-refractivity contribution is -0.113. The van der Waals surface area contributed by atoms with E-state index in [1.54, 1.807) is 22.9 Å². The molecule has 0 saturated carbocycles. The fraction of sp³-hybridized carbons (Fsp3) is 0.474. The lowest BCUT2D eigenvalue weighted by Gasteiger charge is -2.36. The first-order valence-electron chi connectivity index (χ1n) is 9.00. The van der Waals surface area contributed by atoms with E-state index in [-0.39, 0.29) is 34.7 Å². The lowest BCUT2D eigenvalue weighted by atomic mass is 9.94. The van der Waals surface area contributed by atoms with Gasteiger partial charge in [-0.3, -0.25) is 19.4 Å². The van der Waals surface area contributed by atoms with Crippen LogP contribution in [-0.2, 0) is 9.53 Å². The summed E-state index contributed by atoms with van der Waals surface area (Å²) in [6.45, 7) is 4.60. The number of carbonyl (C=O) groups is 1. The first-order valence-corrected chi connectivity index (χ1v) is 10.0. The van der Waals surface area contributed by atoms with Crippen LogP contribution in [0.4, 0.5) is 10.2 Å². The number of aromatic nitrogens is 2. The molecule has 144 valence electrons. The van der Waals surface area contributed by atoms with Gasteiger partial charge in [0.15, 0.2) is 0 Å². The van der Waals surface area contributed by atoms with Crippen molar-refractivity contribution in [2.45, 2.75) is 43.6 Å². The molecule has 4 rings (SSSR count). The first-order chi connectivity index (χ1) is 12.9. The van der Waals surface area contributed by atoms with Gasteiger partial charge in [0.25, 0.3) is 5.56 Å². The molecule has 1 aromatic heterocycles. The maximum atomic E-state index is 14.4. The molecule has 2 aromatic rings. The van der Waals surface area contributed by atoms with Gasteiger partial charge in [0.05, 0.1) is 28.2 Å². The van der Waals surface area contributed by atoms with Crippen molar-refractivity contribution in [2.75, 3.05) is 17.7 Å². The molecule has 0 bridgehead atoms. The summed E-state index contributed by atoms with van der Waals surface area (Å²) < 4.78 is 22.0. The molecule has 0 radical (unpaired) electrons. The lowest BCUT2D eigenvalue weighted by Crippen LogP contribution is -2.36. The number of ether oxygens (including phenoxy) is 1. The van der Waals surface area contributed by atoms with Crippen LogP contribution in [0.5, 0.6) is 0 Å². The Bertz CT molecular complexity index is 937. The highest BCUT2D eigenvalue weighted by Crippen LogP contribution is 2.42. The van der Waals surface area contributed by atoms with Gasteiger partial charge in [0.2, 0.25) is 5.91 Å². The number of thioether (sulfide) groups is 1. The number of nitrogens with one attached hydrogen (secondary N) is 2. The van der Waals surface area contributed by atoms with Crippen molar-refractivity contribution in [3.63, 3.8) is 0 Å². The summed E-state index contributed by atoms with van der Waals surface area (Å²) in [5, 5.41) is 5.21. The minimum atomic E-state index is -0.544. The van der Waals surface area contributed by atoms with Crippen molar-refractivity contribution in [3.8, 4) is 0 Å². The van der Waals surface area contributed by atoms with Crippen LogP contribution in [-0.4, -0.2) is 33.6 Å². The molecule has 8 heteroatoms. The topological polar surface area (TPSA) is 76.1 Å². The molecule has 0 aliphatic carbocycles. The van der Waals surface area contributed by atoms with Crippen LogP contribution in [0, 0.1) is 5.82 Å². The fourth-order valence-corrected chi connectivity index (χ4v) is 5.02. The summed E-state index contributed by atoms with van der Waals surface area (Å²) in [5.41, 5.74) is 0.207. The third kappa shape index (κ3) is 3.43. The number of amides is 1. The van der Waals surface area contributed by atoms with Gasteiger partial charge < -0.3 is 10.1 Å². The van der Waals surface area contributed by atoms with Gasteiger partial charge in [-0.25, -0.2) is 4.39 Å². The van der Waals surface area contributed by atoms with E-state index in [0.717, 1.165) is 6.42 Å². The summed E-state index contributed by atoms with van der Waals surface area (Å²) in [6.07, 6.45) is 1.44. The molecule has 3 heterocycles. The molecule has 27 heavy (non-hydrogen) atoms. The SMILES string of the molecule is CC1(C)C[C@H](n2[nH]c(=O)c3c2NC(=O)CS[C@@H]3c2ccccc2F)CCO1. The molecule has 2 aliphatic rings. The average molecular weight is 391 g/mol. The van der Waals surface area contributed by atoms with Crippen LogP contribution >= 0.6 is 11.8 Å². The average Bonchev–Trinajstić information content (AvgIpc) is 2.81. The first kappa shape index (κ1) is 18.3. The summed E-state index contributed by atoms with van der Waals surface area (Å²) in [4.78, 5) is 25.1. The van der Waals surface area contributed by atoms with E-state index >= 15 is 0 Å². The standard InChI is InChI=1S/C19H22FN3O3S/c1-19(2)9-11(7-8-26-19)23-17-15(18(25)22-23)16(27-10-14(24)21-17)12-5-3-4-6-13(12)20/h3-6,11,16H,7-10H2,1-2H3,(H,21,24)(H,22,25)/t11-,16-/m1/s1. The molecule has 1 saturated heterocycles. The minimum absolute atomic E-state index is 0.00475. The largest absolute Gasteiger partial charge is 0.375 e. The van der Waals surface area contributed by atoms with Gasteiger partial charge in [-0.2, -0.15) is 0 Å². The fourth-order valence-electron chi connectivity index (χ4n) is 3.87. The number of rotatable bonds is 2. The number of benzene rings is 1. The van der Waals surface area contributed by atoms with Gasteiger partial charge in [-0.15, -0.1) is 11.8 Å². The third-order valence-corrected chi connectivity index (χ3v) is 6.34. The van der Waals surface area contributed by atoms with Crippen LogP contribution in [0.1, 0.15) is 49.1 Å². The van der Waals surface area contributed by atoms with Crippen molar-refractivity contribution in [2.24, 2.45) is 0 Å². The van der Waals surface area contributed by atoms with Crippen LogP contribution in [0.3, 0.4) is 0 Å². The summed E-state index contributed by atoms with van der Waals surface area (Å²) in [7, 11) is 0. The summed E-state index contributed by atoms with van der Waals surface area (Å²) in [5.74, 6) is 0.0339. The number of nitrogens with zero attached hydrogens (tertiary/aromatic N) is 1. The third-order valence-electron chi connectivity index (χ3n) is 5.09. The number of hydrogen-bond acceptors (Lipinski definition) is 4. The summed E-state index contributed by atoms with van der Waals surface area (Å²) in [6, 6.07) is 6.40. The van der Waals surface area contributed by atoms with Crippen molar-refractivity contribution < 1.29 is 13.9 Å². The number of carbonyl (C=O) groups excluding carboxylic acids is 1. The van der Waals surface area contributed by atoms with Crippen molar-refractivity contribution in [1.29, 1.82) is 0 Å². The second-order valence-electron chi connectivity index (χ2n) is 7.59. The highest BCUT2D eigenvalue weighted by atomic mass is 32.2. The zero-order chi connectivity index (χ0) is 19.2. The molecule has 2 N–H and O–H groups in total. The van der Waals surface area contributed by atoms with E-state index < -0.39 is 5.25 Å². The monoisotopic (exact) mass is 391 g/mol. The number of fused-ring (bicyclic) bond motifs is 1. The van der Waals surface area contributed by atoms with Crippen molar-refractivity contribution in [1.82, 2.24) is 9.78 Å². The number of halogens is 1. The molecular weight excluding hydrogens is 369 g/mol. The Kier molecular flexibility index (Phi) is 4.63. The normalized spacial score (nSPS) is 24.8. The van der Waals surface area contributed by atoms with E-state index in [2.05, 4.69) is 10.4 Å². The van der Waals surface area contributed by atoms with Crippen molar-refractivity contribution >= 4 is 23.5 Å². The Labute approximate surface area is 160 Å². The van der Waals surface area contributed by atoms with Gasteiger partial charge >= 0.3 is 0 Å². The number of anilines is 1. The van der Waals surface area contributed by atoms with E-state index in [4.69, 9.17) is 4.74 Å².